The van der Waals surface area contributed by atoms with Gasteiger partial charge in [0.15, 0.2) is 0 Å². The molecule has 1 aliphatic heterocycles. The van der Waals surface area contributed by atoms with Crippen LogP contribution in [0.2, 0.25) is 0 Å². The minimum atomic E-state index is -3.47. The summed E-state index contributed by atoms with van der Waals surface area (Å²) in [5.74, 6) is -1.12. The van der Waals surface area contributed by atoms with Gasteiger partial charge in [0, 0.05) is 13.2 Å². The predicted octanol–water partition coefficient (Wildman–Crippen LogP) is 0.196. The monoisotopic (exact) mass is 265 g/mol. The zero-order valence-corrected chi connectivity index (χ0v) is 10.9. The molecule has 1 atom stereocenters. The molecular weight excluding hydrogens is 246 g/mol. The van der Waals surface area contributed by atoms with E-state index in [2.05, 4.69) is 4.72 Å². The van der Waals surface area contributed by atoms with E-state index >= 15 is 0 Å². The number of ether oxygens (including phenoxy) is 1. The van der Waals surface area contributed by atoms with Crippen LogP contribution in [0.1, 0.15) is 26.7 Å². The van der Waals surface area contributed by atoms with E-state index in [1.54, 1.807) is 0 Å². The maximum Gasteiger partial charge on any atom is 0.310 e. The first-order valence-electron chi connectivity index (χ1n) is 5.55. The van der Waals surface area contributed by atoms with Crippen LogP contribution in [0.3, 0.4) is 0 Å². The Morgan fingerprint density at radius 3 is 2.65 bits per heavy atom. The highest BCUT2D eigenvalue weighted by atomic mass is 32.2. The van der Waals surface area contributed by atoms with Crippen molar-refractivity contribution in [1.82, 2.24) is 4.72 Å². The van der Waals surface area contributed by atoms with E-state index in [-0.39, 0.29) is 18.4 Å². The summed E-state index contributed by atoms with van der Waals surface area (Å²) in [4.78, 5) is 10.8. The normalized spacial score (nSPS) is 21.6. The highest BCUT2D eigenvalue weighted by Gasteiger charge is 2.30. The van der Waals surface area contributed by atoms with Gasteiger partial charge in [-0.05, 0) is 26.7 Å². The van der Waals surface area contributed by atoms with Gasteiger partial charge in [0.05, 0.1) is 17.3 Å². The molecule has 0 saturated carbocycles. The lowest BCUT2D eigenvalue weighted by molar-refractivity contribution is -0.146. The molecule has 1 rings (SSSR count). The zero-order valence-electron chi connectivity index (χ0n) is 10.1. The Bertz CT molecular complexity index is 370. The molecule has 17 heavy (non-hydrogen) atoms. The second-order valence-corrected chi connectivity index (χ2v) is 6.78. The van der Waals surface area contributed by atoms with Gasteiger partial charge in [-0.25, -0.2) is 13.1 Å². The van der Waals surface area contributed by atoms with Crippen LogP contribution < -0.4 is 4.72 Å². The van der Waals surface area contributed by atoms with Crippen LogP contribution in [0.5, 0.6) is 0 Å². The van der Waals surface area contributed by atoms with Crippen LogP contribution in [-0.4, -0.2) is 44.5 Å². The first-order chi connectivity index (χ1) is 7.73. The van der Waals surface area contributed by atoms with Crippen LogP contribution in [0.4, 0.5) is 0 Å². The number of aliphatic carboxylic acids is 1. The van der Waals surface area contributed by atoms with Gasteiger partial charge in [-0.1, -0.05) is 0 Å². The van der Waals surface area contributed by atoms with Gasteiger partial charge in [0.2, 0.25) is 10.0 Å². The molecule has 2 N–H and O–H groups in total. The summed E-state index contributed by atoms with van der Waals surface area (Å²) in [5.41, 5.74) is -1.11. The molecule has 0 bridgehead atoms. The molecule has 0 amide bonds. The van der Waals surface area contributed by atoms with E-state index < -0.39 is 21.4 Å². The Morgan fingerprint density at radius 2 is 2.18 bits per heavy atom. The summed E-state index contributed by atoms with van der Waals surface area (Å²) in [6.45, 7) is 3.44. The molecule has 0 aromatic rings. The largest absolute Gasteiger partial charge is 0.481 e. The summed E-state index contributed by atoms with van der Waals surface area (Å²) in [7, 11) is -3.47. The van der Waals surface area contributed by atoms with Crippen molar-refractivity contribution >= 4 is 16.0 Å². The molecule has 7 heteroatoms. The molecule has 6 nitrogen and oxygen atoms in total. The number of sulfonamides is 1. The molecule has 1 unspecified atom stereocenters. The second kappa shape index (κ2) is 5.32. The average Bonchev–Trinajstić information content (AvgIpc) is 2.67. The first-order valence-corrected chi connectivity index (χ1v) is 7.20. The number of carboxylic acids is 1. The van der Waals surface area contributed by atoms with E-state index in [0.717, 1.165) is 12.8 Å². The average molecular weight is 265 g/mol. The fourth-order valence-corrected chi connectivity index (χ4v) is 2.90. The van der Waals surface area contributed by atoms with Crippen LogP contribution in [0, 0.1) is 5.41 Å². The maximum atomic E-state index is 11.7. The van der Waals surface area contributed by atoms with Gasteiger partial charge in [-0.2, -0.15) is 0 Å². The fraction of sp³-hybridized carbons (Fsp3) is 0.900. The molecule has 1 heterocycles. The van der Waals surface area contributed by atoms with Crippen molar-refractivity contribution in [3.05, 3.63) is 0 Å². The van der Waals surface area contributed by atoms with Crippen molar-refractivity contribution in [2.75, 3.05) is 18.9 Å². The lowest BCUT2D eigenvalue weighted by atomic mass is 9.95. The Kier molecular flexibility index (Phi) is 4.51. The number of hydrogen-bond donors (Lipinski definition) is 2. The summed E-state index contributed by atoms with van der Waals surface area (Å²) >= 11 is 0. The van der Waals surface area contributed by atoms with Crippen molar-refractivity contribution in [2.45, 2.75) is 32.8 Å². The van der Waals surface area contributed by atoms with Gasteiger partial charge < -0.3 is 9.84 Å². The summed E-state index contributed by atoms with van der Waals surface area (Å²) in [6.07, 6.45) is 1.35. The SMILES string of the molecule is CC(C)(CNS(=O)(=O)CC1CCCO1)C(=O)O. The number of nitrogens with one attached hydrogen (secondary N) is 1. The van der Waals surface area contributed by atoms with E-state index in [0.29, 0.717) is 6.61 Å². The van der Waals surface area contributed by atoms with Gasteiger partial charge in [0.25, 0.3) is 0 Å². The molecular formula is C10H19NO5S. The van der Waals surface area contributed by atoms with Gasteiger partial charge >= 0.3 is 5.97 Å². The van der Waals surface area contributed by atoms with E-state index in [4.69, 9.17) is 9.84 Å². The molecule has 0 aliphatic carbocycles. The van der Waals surface area contributed by atoms with E-state index in [9.17, 15) is 13.2 Å². The van der Waals surface area contributed by atoms with Gasteiger partial charge in [-0.15, -0.1) is 0 Å². The summed E-state index contributed by atoms with van der Waals surface area (Å²) in [5, 5.41) is 8.86. The Hall–Kier alpha value is -0.660. The lowest BCUT2D eigenvalue weighted by Gasteiger charge is -2.20. The summed E-state index contributed by atoms with van der Waals surface area (Å²) < 4.78 is 30.9. The van der Waals surface area contributed by atoms with E-state index in [1.165, 1.54) is 13.8 Å². The van der Waals surface area contributed by atoms with Gasteiger partial charge in [0.1, 0.15) is 0 Å². The van der Waals surface area contributed by atoms with Crippen molar-refractivity contribution < 1.29 is 23.1 Å². The number of carbonyl (C=O) groups is 1. The van der Waals surface area contributed by atoms with Gasteiger partial charge in [-0.3, -0.25) is 4.79 Å². The highest BCUT2D eigenvalue weighted by Crippen LogP contribution is 2.16. The predicted molar refractivity (Wildman–Crippen MR) is 62.2 cm³/mol. The van der Waals surface area contributed by atoms with Crippen molar-refractivity contribution in [3.8, 4) is 0 Å². The molecule has 1 aliphatic rings. The van der Waals surface area contributed by atoms with Crippen LogP contribution in [0.25, 0.3) is 0 Å². The number of carboxylic acid groups (broad SMARTS) is 1. The third kappa shape index (κ3) is 4.61. The minimum absolute atomic E-state index is 0.0945. The molecule has 1 saturated heterocycles. The number of hydrogen-bond acceptors (Lipinski definition) is 4. The smallest absolute Gasteiger partial charge is 0.310 e. The van der Waals surface area contributed by atoms with Crippen LogP contribution >= 0.6 is 0 Å². The molecule has 0 spiro atoms. The zero-order chi connectivity index (χ0) is 13.1. The standard InChI is InChI=1S/C10H19NO5S/c1-10(2,9(12)13)7-11-17(14,15)6-8-4-3-5-16-8/h8,11H,3-7H2,1-2H3,(H,12,13). The number of rotatable bonds is 6. The fourth-order valence-electron chi connectivity index (χ4n) is 1.45. The van der Waals surface area contributed by atoms with Crippen molar-refractivity contribution in [3.63, 3.8) is 0 Å². The molecule has 100 valence electrons. The Balaban J connectivity index is 2.46. The topological polar surface area (TPSA) is 92.7 Å². The molecule has 0 radical (unpaired) electrons. The first kappa shape index (κ1) is 14.4. The minimum Gasteiger partial charge on any atom is -0.481 e. The molecule has 1 fully saturated rings. The Labute approximate surface area is 101 Å². The van der Waals surface area contributed by atoms with Crippen LogP contribution in [0.15, 0.2) is 0 Å². The second-order valence-electron chi connectivity index (χ2n) is 4.93. The molecule has 0 aromatic carbocycles. The van der Waals surface area contributed by atoms with Crippen LogP contribution in [-0.2, 0) is 19.6 Å². The van der Waals surface area contributed by atoms with E-state index in [1.807, 2.05) is 0 Å². The third-order valence-electron chi connectivity index (χ3n) is 2.74. The lowest BCUT2D eigenvalue weighted by Crippen LogP contribution is -2.41. The third-order valence-corrected chi connectivity index (χ3v) is 4.14. The van der Waals surface area contributed by atoms with Crippen molar-refractivity contribution in [1.29, 1.82) is 0 Å². The highest BCUT2D eigenvalue weighted by molar-refractivity contribution is 7.89. The quantitative estimate of drug-likeness (QED) is 0.715. The molecule has 0 aromatic heterocycles. The Morgan fingerprint density at radius 1 is 1.53 bits per heavy atom. The summed E-state index contributed by atoms with van der Waals surface area (Å²) in [6, 6.07) is 0. The maximum absolute atomic E-state index is 11.7. The van der Waals surface area contributed by atoms with Crippen molar-refractivity contribution in [2.24, 2.45) is 5.41 Å².